The fourth-order valence-corrected chi connectivity index (χ4v) is 3.04. The lowest BCUT2D eigenvalue weighted by molar-refractivity contribution is -0.00324. The summed E-state index contributed by atoms with van der Waals surface area (Å²) in [7, 11) is 0. The molecule has 0 bridgehead atoms. The molecule has 0 spiro atoms. The van der Waals surface area contributed by atoms with E-state index in [-0.39, 0.29) is 12.2 Å². The molecule has 1 aliphatic rings. The van der Waals surface area contributed by atoms with Gasteiger partial charge in [0.15, 0.2) is 0 Å². The first-order valence-corrected chi connectivity index (χ1v) is 7.53. The summed E-state index contributed by atoms with van der Waals surface area (Å²) in [5.41, 5.74) is 3.32. The highest BCUT2D eigenvalue weighted by Crippen LogP contribution is 2.29. The van der Waals surface area contributed by atoms with Crippen molar-refractivity contribution in [1.29, 1.82) is 0 Å². The summed E-state index contributed by atoms with van der Waals surface area (Å²) in [4.78, 5) is 6.98. The Kier molecular flexibility index (Phi) is 3.81. The molecule has 1 aromatic carbocycles. The molecule has 20 heavy (non-hydrogen) atoms. The van der Waals surface area contributed by atoms with Gasteiger partial charge in [-0.15, -0.1) is 11.6 Å². The molecule has 1 aromatic heterocycles. The van der Waals surface area contributed by atoms with E-state index in [4.69, 9.17) is 16.3 Å². The van der Waals surface area contributed by atoms with Gasteiger partial charge < -0.3 is 9.64 Å². The Morgan fingerprint density at radius 3 is 2.95 bits per heavy atom. The van der Waals surface area contributed by atoms with E-state index < -0.39 is 0 Å². The molecule has 106 valence electrons. The molecule has 2 heterocycles. The van der Waals surface area contributed by atoms with E-state index in [0.29, 0.717) is 5.88 Å². The molecule has 1 aliphatic heterocycles. The number of alkyl halides is 1. The number of benzene rings is 1. The second-order valence-corrected chi connectivity index (χ2v) is 5.74. The summed E-state index contributed by atoms with van der Waals surface area (Å²) in [6.45, 7) is 5.86. The van der Waals surface area contributed by atoms with Gasteiger partial charge >= 0.3 is 0 Å². The quantitative estimate of drug-likeness (QED) is 0.793. The van der Waals surface area contributed by atoms with Crippen molar-refractivity contribution in [2.75, 3.05) is 23.9 Å². The summed E-state index contributed by atoms with van der Waals surface area (Å²) in [6.07, 6.45) is 0.285. The average Bonchev–Trinajstić information content (AvgIpc) is 2.45. The van der Waals surface area contributed by atoms with Crippen LogP contribution in [-0.2, 0) is 4.74 Å². The number of hydrogen-bond donors (Lipinski definition) is 0. The van der Waals surface area contributed by atoms with Crippen LogP contribution in [0.15, 0.2) is 30.3 Å². The van der Waals surface area contributed by atoms with Gasteiger partial charge in [0.05, 0.1) is 23.6 Å². The van der Waals surface area contributed by atoms with E-state index in [1.165, 1.54) is 11.1 Å². The van der Waals surface area contributed by atoms with Gasteiger partial charge in [-0.25, -0.2) is 0 Å². The monoisotopic (exact) mass is 290 g/mol. The number of anilines is 1. The minimum atomic E-state index is 0.0904. The molecule has 3 rings (SSSR count). The van der Waals surface area contributed by atoms with Gasteiger partial charge in [-0.05, 0) is 26.0 Å². The van der Waals surface area contributed by atoms with Gasteiger partial charge in [0.2, 0.25) is 0 Å². The van der Waals surface area contributed by atoms with Crippen LogP contribution in [0.25, 0.3) is 10.9 Å². The van der Waals surface area contributed by atoms with E-state index in [2.05, 4.69) is 41.1 Å². The van der Waals surface area contributed by atoms with Crippen molar-refractivity contribution in [3.8, 4) is 0 Å². The van der Waals surface area contributed by atoms with Gasteiger partial charge in [-0.3, -0.25) is 4.98 Å². The van der Waals surface area contributed by atoms with Crippen LogP contribution >= 0.6 is 11.6 Å². The molecular formula is C16H19ClN2O. The van der Waals surface area contributed by atoms with Crippen molar-refractivity contribution >= 4 is 28.2 Å². The fourth-order valence-electron chi connectivity index (χ4n) is 2.87. The highest BCUT2D eigenvalue weighted by Gasteiger charge is 2.26. The fraction of sp³-hybridized carbons (Fsp3) is 0.438. The second kappa shape index (κ2) is 5.58. The zero-order valence-electron chi connectivity index (χ0n) is 11.8. The van der Waals surface area contributed by atoms with E-state index in [1.54, 1.807) is 0 Å². The first-order chi connectivity index (χ1) is 9.67. The molecule has 1 fully saturated rings. The number of aromatic nitrogens is 1. The molecule has 1 saturated heterocycles. The molecule has 0 aliphatic carbocycles. The maximum atomic E-state index is 5.98. The molecule has 0 amide bonds. The van der Waals surface area contributed by atoms with Crippen molar-refractivity contribution in [1.82, 2.24) is 4.98 Å². The number of nitrogens with zero attached hydrogens (tertiary/aromatic N) is 2. The maximum Gasteiger partial charge on any atom is 0.0889 e. The van der Waals surface area contributed by atoms with Crippen LogP contribution in [0, 0.1) is 6.92 Å². The normalized spacial score (nSPS) is 23.2. The Morgan fingerprint density at radius 1 is 1.35 bits per heavy atom. The Morgan fingerprint density at radius 2 is 2.15 bits per heavy atom. The highest BCUT2D eigenvalue weighted by molar-refractivity contribution is 6.18. The van der Waals surface area contributed by atoms with Crippen molar-refractivity contribution in [3.05, 3.63) is 36.0 Å². The van der Waals surface area contributed by atoms with Gasteiger partial charge in [-0.1, -0.05) is 18.2 Å². The van der Waals surface area contributed by atoms with Crippen LogP contribution in [0.4, 0.5) is 5.69 Å². The van der Waals surface area contributed by atoms with Crippen LogP contribution in [0.3, 0.4) is 0 Å². The smallest absolute Gasteiger partial charge is 0.0889 e. The number of pyridine rings is 1. The summed E-state index contributed by atoms with van der Waals surface area (Å²) >= 11 is 5.98. The van der Waals surface area contributed by atoms with Crippen LogP contribution in [-0.4, -0.2) is 36.2 Å². The molecular weight excluding hydrogens is 272 g/mol. The number of morpholine rings is 1. The van der Waals surface area contributed by atoms with E-state index in [9.17, 15) is 0 Å². The third-order valence-corrected chi connectivity index (χ3v) is 4.01. The zero-order chi connectivity index (χ0) is 14.1. The third-order valence-electron chi connectivity index (χ3n) is 3.66. The molecule has 0 saturated carbocycles. The minimum absolute atomic E-state index is 0.0904. The van der Waals surface area contributed by atoms with Crippen LogP contribution in [0.1, 0.15) is 12.6 Å². The topological polar surface area (TPSA) is 25.4 Å². The zero-order valence-corrected chi connectivity index (χ0v) is 12.6. The second-order valence-electron chi connectivity index (χ2n) is 5.43. The summed E-state index contributed by atoms with van der Waals surface area (Å²) in [5, 5.41) is 1.19. The third kappa shape index (κ3) is 2.60. The number of hydrogen-bond acceptors (Lipinski definition) is 3. The minimum Gasteiger partial charge on any atom is -0.370 e. The first-order valence-electron chi connectivity index (χ1n) is 7.00. The molecule has 2 unspecified atom stereocenters. The number of ether oxygens (including phenoxy) is 1. The van der Waals surface area contributed by atoms with E-state index >= 15 is 0 Å². The molecule has 0 radical (unpaired) electrons. The Balaban J connectivity index is 2.04. The van der Waals surface area contributed by atoms with Crippen LogP contribution in [0.5, 0.6) is 0 Å². The maximum absolute atomic E-state index is 5.98. The standard InChI is InChI=1S/C16H19ClN2O/c1-11-7-16(14-5-3-4-6-15(14)18-11)19-9-12(2)20-13(8-17)10-19/h3-7,12-13H,8-10H2,1-2H3. The van der Waals surface area contributed by atoms with Gasteiger partial charge in [0.25, 0.3) is 0 Å². The predicted octanol–water partition coefficient (Wildman–Crippen LogP) is 3.38. The van der Waals surface area contributed by atoms with Crippen molar-refractivity contribution in [2.45, 2.75) is 26.1 Å². The average molecular weight is 291 g/mol. The number of aryl methyl sites for hydroxylation is 1. The predicted molar refractivity (Wildman–Crippen MR) is 83.7 cm³/mol. The van der Waals surface area contributed by atoms with Gasteiger partial charge in [-0.2, -0.15) is 0 Å². The number of halogens is 1. The number of rotatable bonds is 2. The van der Waals surface area contributed by atoms with Crippen molar-refractivity contribution in [3.63, 3.8) is 0 Å². The van der Waals surface area contributed by atoms with Gasteiger partial charge in [0.1, 0.15) is 0 Å². The Labute approximate surface area is 124 Å². The van der Waals surface area contributed by atoms with E-state index in [0.717, 1.165) is 24.3 Å². The van der Waals surface area contributed by atoms with Crippen LogP contribution < -0.4 is 4.90 Å². The van der Waals surface area contributed by atoms with Crippen molar-refractivity contribution in [2.24, 2.45) is 0 Å². The van der Waals surface area contributed by atoms with Gasteiger partial charge in [0, 0.05) is 29.9 Å². The SMILES string of the molecule is Cc1cc(N2CC(C)OC(CCl)C2)c2ccccc2n1. The summed E-state index contributed by atoms with van der Waals surface area (Å²) < 4.78 is 5.84. The summed E-state index contributed by atoms with van der Waals surface area (Å²) in [5.74, 6) is 0.531. The first kappa shape index (κ1) is 13.7. The number of fused-ring (bicyclic) bond motifs is 1. The molecule has 2 aromatic rings. The molecule has 0 N–H and O–H groups in total. The van der Waals surface area contributed by atoms with E-state index in [1.807, 2.05) is 13.0 Å². The number of para-hydroxylation sites is 1. The molecule has 3 nitrogen and oxygen atoms in total. The van der Waals surface area contributed by atoms with Crippen molar-refractivity contribution < 1.29 is 4.74 Å². The highest BCUT2D eigenvalue weighted by atomic mass is 35.5. The lowest BCUT2D eigenvalue weighted by Crippen LogP contribution is -2.47. The lowest BCUT2D eigenvalue weighted by Gasteiger charge is -2.38. The molecule has 4 heteroatoms. The Hall–Kier alpha value is -1.32. The Bertz CT molecular complexity index is 616. The molecule has 2 atom stereocenters. The summed E-state index contributed by atoms with van der Waals surface area (Å²) in [6, 6.07) is 10.4. The lowest BCUT2D eigenvalue weighted by atomic mass is 10.1. The largest absolute Gasteiger partial charge is 0.370 e. The van der Waals surface area contributed by atoms with Crippen LogP contribution in [0.2, 0.25) is 0 Å².